The van der Waals surface area contributed by atoms with E-state index in [0.29, 0.717) is 0 Å². The highest BCUT2D eigenvalue weighted by Crippen LogP contribution is 2.24. The second-order valence-corrected chi connectivity index (χ2v) is 3.65. The molecule has 0 saturated carbocycles. The quantitative estimate of drug-likeness (QED) is 0.641. The highest BCUT2D eigenvalue weighted by atomic mass is 14.9. The second kappa shape index (κ2) is 3.33. The molecule has 0 N–H and O–H groups in total. The Kier molecular flexibility index (Phi) is 2.16. The zero-order chi connectivity index (χ0) is 10.1. The molecule has 14 heavy (non-hydrogen) atoms. The van der Waals surface area contributed by atoms with E-state index in [2.05, 4.69) is 44.3 Å². The molecule has 2 rings (SSSR count). The van der Waals surface area contributed by atoms with E-state index >= 15 is 0 Å². The van der Waals surface area contributed by atoms with E-state index in [-0.39, 0.29) is 0 Å². The summed E-state index contributed by atoms with van der Waals surface area (Å²) in [6, 6.07) is 10.5. The number of aromatic nitrogens is 1. The number of hydrogen-bond acceptors (Lipinski definition) is 0. The van der Waals surface area contributed by atoms with Crippen LogP contribution in [0.1, 0.15) is 11.1 Å². The first-order valence-corrected chi connectivity index (χ1v) is 4.80. The molecule has 1 aromatic heterocycles. The molecule has 0 unspecified atom stereocenters. The van der Waals surface area contributed by atoms with Gasteiger partial charge in [0.2, 0.25) is 0 Å². The third-order valence-corrected chi connectivity index (χ3v) is 2.75. The van der Waals surface area contributed by atoms with Crippen LogP contribution in [-0.4, -0.2) is 4.57 Å². The molecule has 1 heteroatoms. The van der Waals surface area contributed by atoms with Crippen molar-refractivity contribution in [2.24, 2.45) is 7.05 Å². The van der Waals surface area contributed by atoms with Crippen LogP contribution >= 0.6 is 0 Å². The van der Waals surface area contributed by atoms with Crippen molar-refractivity contribution in [1.29, 1.82) is 0 Å². The first-order valence-electron chi connectivity index (χ1n) is 4.80. The smallest absolute Gasteiger partial charge is 0.0650 e. The lowest BCUT2D eigenvalue weighted by atomic mass is 10.0. The SMILES string of the molecule is Cc1cccc(-c2cc[c]n2C)c1C. The highest BCUT2D eigenvalue weighted by Gasteiger charge is 2.05. The Labute approximate surface area is 85.0 Å². The van der Waals surface area contributed by atoms with Gasteiger partial charge in [0.15, 0.2) is 0 Å². The zero-order valence-corrected chi connectivity index (χ0v) is 8.83. The Hall–Kier alpha value is -1.50. The Bertz CT molecular complexity index is 452. The van der Waals surface area contributed by atoms with Crippen LogP contribution in [0.25, 0.3) is 11.3 Å². The maximum Gasteiger partial charge on any atom is 0.0650 e. The highest BCUT2D eigenvalue weighted by molar-refractivity contribution is 5.65. The largest absolute Gasteiger partial charge is 0.342 e. The Morgan fingerprint density at radius 3 is 2.57 bits per heavy atom. The zero-order valence-electron chi connectivity index (χ0n) is 8.83. The number of aryl methyl sites for hydroxylation is 2. The van der Waals surface area contributed by atoms with Crippen molar-refractivity contribution in [3.8, 4) is 11.3 Å². The molecule has 1 heterocycles. The van der Waals surface area contributed by atoms with E-state index in [1.54, 1.807) is 0 Å². The van der Waals surface area contributed by atoms with Crippen molar-refractivity contribution in [2.45, 2.75) is 13.8 Å². The van der Waals surface area contributed by atoms with Gasteiger partial charge in [-0.2, -0.15) is 0 Å². The second-order valence-electron chi connectivity index (χ2n) is 3.65. The molecule has 1 nitrogen and oxygen atoms in total. The van der Waals surface area contributed by atoms with Gasteiger partial charge in [-0.05, 0) is 37.1 Å². The summed E-state index contributed by atoms with van der Waals surface area (Å²) in [7, 11) is 2.02. The molecule has 0 aliphatic carbocycles. The molecule has 71 valence electrons. The summed E-state index contributed by atoms with van der Waals surface area (Å²) in [4.78, 5) is 0. The molecule has 1 radical (unpaired) electrons. The van der Waals surface area contributed by atoms with Crippen molar-refractivity contribution >= 4 is 0 Å². The number of benzene rings is 1. The maximum absolute atomic E-state index is 3.13. The molecule has 0 saturated heterocycles. The van der Waals surface area contributed by atoms with Gasteiger partial charge in [0.1, 0.15) is 0 Å². The minimum Gasteiger partial charge on any atom is -0.342 e. The summed E-state index contributed by atoms with van der Waals surface area (Å²) in [6.45, 7) is 4.31. The molecule has 0 fully saturated rings. The third-order valence-electron chi connectivity index (χ3n) is 2.75. The lowest BCUT2D eigenvalue weighted by Crippen LogP contribution is -1.93. The fourth-order valence-corrected chi connectivity index (χ4v) is 1.71. The molecule has 0 aliphatic heterocycles. The van der Waals surface area contributed by atoms with Crippen LogP contribution in [0.3, 0.4) is 0 Å². The molecule has 0 amide bonds. The molecule has 0 spiro atoms. The van der Waals surface area contributed by atoms with Crippen molar-refractivity contribution in [3.63, 3.8) is 0 Å². The molecule has 1 aromatic carbocycles. The first-order chi connectivity index (χ1) is 6.70. The van der Waals surface area contributed by atoms with Crippen molar-refractivity contribution in [2.75, 3.05) is 0 Å². The Morgan fingerprint density at radius 2 is 1.93 bits per heavy atom. The summed E-state index contributed by atoms with van der Waals surface area (Å²) < 4.78 is 2.03. The van der Waals surface area contributed by atoms with E-state index in [4.69, 9.17) is 0 Å². The van der Waals surface area contributed by atoms with E-state index in [9.17, 15) is 0 Å². The summed E-state index contributed by atoms with van der Waals surface area (Å²) in [5.74, 6) is 0. The van der Waals surface area contributed by atoms with Gasteiger partial charge in [-0.1, -0.05) is 18.2 Å². The third kappa shape index (κ3) is 1.35. The maximum atomic E-state index is 3.13. The summed E-state index contributed by atoms with van der Waals surface area (Å²) in [6.07, 6.45) is 3.13. The molecule has 0 atom stereocenters. The van der Waals surface area contributed by atoms with Crippen LogP contribution in [-0.2, 0) is 7.05 Å². The van der Waals surface area contributed by atoms with Crippen molar-refractivity contribution in [1.82, 2.24) is 4.57 Å². The van der Waals surface area contributed by atoms with E-state index in [1.807, 2.05) is 17.7 Å². The molecule has 0 aliphatic rings. The minimum atomic E-state index is 1.23. The number of rotatable bonds is 1. The molecule has 0 bridgehead atoms. The van der Waals surface area contributed by atoms with Gasteiger partial charge in [0.05, 0.1) is 6.20 Å². The van der Waals surface area contributed by atoms with Gasteiger partial charge < -0.3 is 4.57 Å². The topological polar surface area (TPSA) is 4.93 Å². The normalized spacial score (nSPS) is 10.5. The lowest BCUT2D eigenvalue weighted by molar-refractivity contribution is 0.927. The van der Waals surface area contributed by atoms with Crippen LogP contribution < -0.4 is 0 Å². The van der Waals surface area contributed by atoms with Gasteiger partial charge in [-0.3, -0.25) is 0 Å². The van der Waals surface area contributed by atoms with Gasteiger partial charge in [-0.15, -0.1) is 0 Å². The fourth-order valence-electron chi connectivity index (χ4n) is 1.71. The van der Waals surface area contributed by atoms with Crippen molar-refractivity contribution in [3.05, 3.63) is 47.7 Å². The van der Waals surface area contributed by atoms with Gasteiger partial charge in [-0.25, -0.2) is 0 Å². The Morgan fingerprint density at radius 1 is 1.14 bits per heavy atom. The predicted octanol–water partition coefficient (Wildman–Crippen LogP) is 3.11. The van der Waals surface area contributed by atoms with Crippen molar-refractivity contribution < 1.29 is 0 Å². The predicted molar refractivity (Wildman–Crippen MR) is 59.2 cm³/mol. The van der Waals surface area contributed by atoms with Gasteiger partial charge in [0, 0.05) is 18.3 Å². The lowest BCUT2D eigenvalue weighted by Gasteiger charge is -2.09. The van der Waals surface area contributed by atoms with Gasteiger partial charge >= 0.3 is 0 Å². The van der Waals surface area contributed by atoms with E-state index < -0.39 is 0 Å². The van der Waals surface area contributed by atoms with E-state index in [0.717, 1.165) is 0 Å². The summed E-state index contributed by atoms with van der Waals surface area (Å²) in [5.41, 5.74) is 5.21. The molecule has 2 aromatic rings. The van der Waals surface area contributed by atoms with Crippen LogP contribution in [0, 0.1) is 20.0 Å². The van der Waals surface area contributed by atoms with Crippen LogP contribution in [0.2, 0.25) is 0 Å². The Balaban J connectivity index is 2.63. The van der Waals surface area contributed by atoms with Crippen LogP contribution in [0.5, 0.6) is 0 Å². The average molecular weight is 184 g/mol. The first kappa shape index (κ1) is 9.07. The fraction of sp³-hybridized carbons (Fsp3) is 0.231. The summed E-state index contributed by atoms with van der Waals surface area (Å²) in [5, 5.41) is 0. The van der Waals surface area contributed by atoms with Gasteiger partial charge in [0.25, 0.3) is 0 Å². The number of nitrogens with zero attached hydrogens (tertiary/aromatic N) is 1. The summed E-state index contributed by atoms with van der Waals surface area (Å²) >= 11 is 0. The van der Waals surface area contributed by atoms with Crippen LogP contribution in [0.15, 0.2) is 30.3 Å². The van der Waals surface area contributed by atoms with E-state index in [1.165, 1.54) is 22.4 Å². The monoisotopic (exact) mass is 184 g/mol. The number of hydrogen-bond donors (Lipinski definition) is 0. The molecular formula is C13H14N. The standard InChI is InChI=1S/C13H14N/c1-10-6-4-7-12(11(10)2)13-8-5-9-14(13)3/h4-8H,1-3H3. The van der Waals surface area contributed by atoms with Crippen LogP contribution in [0.4, 0.5) is 0 Å². The minimum absolute atomic E-state index is 1.23. The average Bonchev–Trinajstić information content (AvgIpc) is 2.57. The molecular weight excluding hydrogens is 170 g/mol.